The maximum atomic E-state index is 12.4. The van der Waals surface area contributed by atoms with Gasteiger partial charge in [-0.05, 0) is 36.6 Å². The SMILES string of the molecule is O=C(c1ccc(N2CCCc3ccccc32)s1)n1ccnc1. The van der Waals surface area contributed by atoms with Crippen LogP contribution in [0.1, 0.15) is 21.7 Å². The summed E-state index contributed by atoms with van der Waals surface area (Å²) in [6.07, 6.45) is 7.10. The van der Waals surface area contributed by atoms with Gasteiger partial charge < -0.3 is 4.90 Å². The van der Waals surface area contributed by atoms with E-state index >= 15 is 0 Å². The van der Waals surface area contributed by atoms with Crippen molar-refractivity contribution in [3.63, 3.8) is 0 Å². The molecule has 1 aliphatic rings. The van der Waals surface area contributed by atoms with Crippen molar-refractivity contribution in [3.05, 3.63) is 65.6 Å². The maximum absolute atomic E-state index is 12.4. The number of para-hydroxylation sites is 1. The maximum Gasteiger partial charge on any atom is 0.273 e. The molecule has 0 aliphatic carbocycles. The second kappa shape index (κ2) is 5.42. The quantitative estimate of drug-likeness (QED) is 0.724. The van der Waals surface area contributed by atoms with Crippen LogP contribution in [0.25, 0.3) is 0 Å². The van der Waals surface area contributed by atoms with Crippen molar-refractivity contribution in [3.8, 4) is 0 Å². The van der Waals surface area contributed by atoms with E-state index in [1.54, 1.807) is 12.4 Å². The molecule has 22 heavy (non-hydrogen) atoms. The lowest BCUT2D eigenvalue weighted by Gasteiger charge is -2.29. The van der Waals surface area contributed by atoms with E-state index in [-0.39, 0.29) is 5.91 Å². The van der Waals surface area contributed by atoms with E-state index in [1.807, 2.05) is 12.1 Å². The van der Waals surface area contributed by atoms with E-state index in [9.17, 15) is 4.79 Å². The molecule has 0 spiro atoms. The summed E-state index contributed by atoms with van der Waals surface area (Å²) >= 11 is 1.54. The Kier molecular flexibility index (Phi) is 3.27. The summed E-state index contributed by atoms with van der Waals surface area (Å²) in [6.45, 7) is 0.996. The number of aromatic nitrogens is 2. The molecule has 0 unspecified atom stereocenters. The average Bonchev–Trinajstić information content (AvgIpc) is 3.25. The van der Waals surface area contributed by atoms with Crippen molar-refractivity contribution < 1.29 is 4.79 Å². The van der Waals surface area contributed by atoms with Gasteiger partial charge in [-0.15, -0.1) is 11.3 Å². The van der Waals surface area contributed by atoms with Gasteiger partial charge in [-0.3, -0.25) is 9.36 Å². The monoisotopic (exact) mass is 309 g/mol. The number of benzene rings is 1. The molecule has 0 fully saturated rings. The highest BCUT2D eigenvalue weighted by atomic mass is 32.1. The third-order valence-electron chi connectivity index (χ3n) is 3.92. The molecule has 0 saturated carbocycles. The molecule has 0 amide bonds. The van der Waals surface area contributed by atoms with Gasteiger partial charge in [0.1, 0.15) is 6.33 Å². The molecule has 0 bridgehead atoms. The molecule has 110 valence electrons. The van der Waals surface area contributed by atoms with Gasteiger partial charge in [-0.1, -0.05) is 18.2 Å². The molecule has 5 heteroatoms. The van der Waals surface area contributed by atoms with Crippen molar-refractivity contribution in [2.75, 3.05) is 11.4 Å². The number of carbonyl (C=O) groups is 1. The number of rotatable bonds is 2. The van der Waals surface area contributed by atoms with Crippen molar-refractivity contribution in [2.45, 2.75) is 12.8 Å². The zero-order valence-electron chi connectivity index (χ0n) is 12.0. The smallest absolute Gasteiger partial charge is 0.273 e. The van der Waals surface area contributed by atoms with Crippen molar-refractivity contribution >= 4 is 27.9 Å². The summed E-state index contributed by atoms with van der Waals surface area (Å²) in [5, 5.41) is 1.12. The normalized spacial score (nSPS) is 13.9. The van der Waals surface area contributed by atoms with E-state index < -0.39 is 0 Å². The van der Waals surface area contributed by atoms with Gasteiger partial charge in [0, 0.05) is 24.6 Å². The Labute approximate surface area is 132 Å². The molecule has 3 aromatic rings. The third kappa shape index (κ3) is 2.23. The molecule has 0 saturated heterocycles. The summed E-state index contributed by atoms with van der Waals surface area (Å²) in [7, 11) is 0. The number of nitrogens with zero attached hydrogens (tertiary/aromatic N) is 3. The number of thiophene rings is 1. The van der Waals surface area contributed by atoms with Crippen LogP contribution in [0, 0.1) is 0 Å². The average molecular weight is 309 g/mol. The highest BCUT2D eigenvalue weighted by molar-refractivity contribution is 7.18. The summed E-state index contributed by atoms with van der Waals surface area (Å²) in [5.41, 5.74) is 2.64. The molecular formula is C17H15N3OS. The van der Waals surface area contributed by atoms with Gasteiger partial charge in [0.05, 0.1) is 9.88 Å². The summed E-state index contributed by atoms with van der Waals surface area (Å²) in [6, 6.07) is 12.4. The Hall–Kier alpha value is -2.40. The van der Waals surface area contributed by atoms with E-state index in [2.05, 4.69) is 34.1 Å². The van der Waals surface area contributed by atoms with Crippen molar-refractivity contribution in [1.29, 1.82) is 0 Å². The lowest BCUT2D eigenvalue weighted by atomic mass is 10.0. The van der Waals surface area contributed by atoms with Crippen LogP contribution in [-0.4, -0.2) is 22.0 Å². The molecule has 4 nitrogen and oxygen atoms in total. The fraction of sp³-hybridized carbons (Fsp3) is 0.176. The van der Waals surface area contributed by atoms with Gasteiger partial charge in [-0.25, -0.2) is 4.98 Å². The van der Waals surface area contributed by atoms with Crippen LogP contribution in [-0.2, 0) is 6.42 Å². The highest BCUT2D eigenvalue weighted by Gasteiger charge is 2.20. The van der Waals surface area contributed by atoms with E-state index in [1.165, 1.54) is 33.5 Å². The molecule has 2 aromatic heterocycles. The molecule has 1 aliphatic heterocycles. The molecular weight excluding hydrogens is 294 g/mol. The number of anilines is 2. The van der Waals surface area contributed by atoms with Crippen LogP contribution in [0.15, 0.2) is 55.1 Å². The van der Waals surface area contributed by atoms with Gasteiger partial charge in [0.15, 0.2) is 0 Å². The predicted octanol–water partition coefficient (Wildman–Crippen LogP) is 3.72. The fourth-order valence-corrected chi connectivity index (χ4v) is 3.85. The molecule has 0 radical (unpaired) electrons. The topological polar surface area (TPSA) is 38.1 Å². The first-order chi connectivity index (χ1) is 10.8. The first-order valence-electron chi connectivity index (χ1n) is 7.31. The molecule has 1 aromatic carbocycles. The summed E-state index contributed by atoms with van der Waals surface area (Å²) in [5.74, 6) is -0.0287. The van der Waals surface area contributed by atoms with Crippen LogP contribution in [0.2, 0.25) is 0 Å². The van der Waals surface area contributed by atoms with E-state index in [0.29, 0.717) is 0 Å². The second-order valence-electron chi connectivity index (χ2n) is 5.30. The highest BCUT2D eigenvalue weighted by Crippen LogP contribution is 2.37. The Morgan fingerprint density at radius 1 is 1.18 bits per heavy atom. The first kappa shape index (κ1) is 13.3. The fourth-order valence-electron chi connectivity index (χ4n) is 2.86. The number of aryl methyl sites for hydroxylation is 1. The minimum atomic E-state index is -0.0287. The Balaban J connectivity index is 1.67. The molecule has 3 heterocycles. The van der Waals surface area contributed by atoms with Crippen molar-refractivity contribution in [2.24, 2.45) is 0 Å². The zero-order valence-corrected chi connectivity index (χ0v) is 12.8. The van der Waals surface area contributed by atoms with Crippen LogP contribution < -0.4 is 4.90 Å². The first-order valence-corrected chi connectivity index (χ1v) is 8.12. The second-order valence-corrected chi connectivity index (χ2v) is 6.36. The summed E-state index contributed by atoms with van der Waals surface area (Å²) in [4.78, 5) is 19.3. The van der Waals surface area contributed by atoms with Gasteiger partial charge >= 0.3 is 0 Å². The Morgan fingerprint density at radius 3 is 2.95 bits per heavy atom. The molecule has 0 atom stereocenters. The lowest BCUT2D eigenvalue weighted by Crippen LogP contribution is -2.23. The Bertz CT molecular complexity index is 807. The van der Waals surface area contributed by atoms with Crippen LogP contribution >= 0.6 is 11.3 Å². The number of hydrogen-bond donors (Lipinski definition) is 0. The Morgan fingerprint density at radius 2 is 2.09 bits per heavy atom. The zero-order chi connectivity index (χ0) is 14.9. The van der Waals surface area contributed by atoms with Gasteiger partial charge in [-0.2, -0.15) is 0 Å². The van der Waals surface area contributed by atoms with E-state index in [0.717, 1.165) is 29.3 Å². The number of fused-ring (bicyclic) bond motifs is 1. The lowest BCUT2D eigenvalue weighted by molar-refractivity contribution is 0.0964. The number of hydrogen-bond acceptors (Lipinski definition) is 4. The summed E-state index contributed by atoms with van der Waals surface area (Å²) < 4.78 is 1.51. The number of carbonyl (C=O) groups excluding carboxylic acids is 1. The third-order valence-corrected chi connectivity index (χ3v) is 5.01. The van der Waals surface area contributed by atoms with Crippen LogP contribution in [0.4, 0.5) is 10.7 Å². The predicted molar refractivity (Wildman–Crippen MR) is 88.0 cm³/mol. The van der Waals surface area contributed by atoms with Crippen LogP contribution in [0.5, 0.6) is 0 Å². The standard InChI is InChI=1S/C17H15N3OS/c21-17(19-11-9-18-12-19)15-7-8-16(22-15)20-10-3-5-13-4-1-2-6-14(13)20/h1-2,4,6-9,11-12H,3,5,10H2. The minimum Gasteiger partial charge on any atom is -0.333 e. The van der Waals surface area contributed by atoms with Gasteiger partial charge in [0.25, 0.3) is 5.91 Å². The largest absolute Gasteiger partial charge is 0.333 e. The molecule has 4 rings (SSSR count). The number of imidazole rings is 1. The van der Waals surface area contributed by atoms with Crippen LogP contribution in [0.3, 0.4) is 0 Å². The van der Waals surface area contributed by atoms with Gasteiger partial charge in [0.2, 0.25) is 0 Å². The molecule has 0 N–H and O–H groups in total. The van der Waals surface area contributed by atoms with Crippen molar-refractivity contribution in [1.82, 2.24) is 9.55 Å². The minimum absolute atomic E-state index is 0.0287. The van der Waals surface area contributed by atoms with E-state index in [4.69, 9.17) is 0 Å².